The van der Waals surface area contributed by atoms with Gasteiger partial charge in [0.15, 0.2) is 0 Å². The Balaban J connectivity index is 0.000000552. The van der Waals surface area contributed by atoms with Crippen LogP contribution in [0.5, 0.6) is 0 Å². The van der Waals surface area contributed by atoms with Crippen molar-refractivity contribution >= 4 is 11.9 Å². The molecule has 0 saturated heterocycles. The van der Waals surface area contributed by atoms with E-state index in [1.165, 1.54) is 140 Å². The minimum atomic E-state index is -1.23. The van der Waals surface area contributed by atoms with Crippen molar-refractivity contribution in [3.8, 4) is 0 Å². The molecule has 1 aromatic rings. The molecule has 40 heavy (non-hydrogen) atoms. The van der Waals surface area contributed by atoms with Gasteiger partial charge >= 0.3 is 11.9 Å². The maximum Gasteiger partial charge on any atom is 0.336 e. The number of carboxylic acid groups (broad SMARTS) is 2. The zero-order valence-corrected chi connectivity index (χ0v) is 26.4. The molecule has 0 bridgehead atoms. The SMILES string of the molecule is CCCCCCCCC1CCCCC1(CCCCCCCC)OCC(C)(C)C.O=C(O)c1ccccc1C(=O)O. The average molecular weight is 561 g/mol. The second-order valence-corrected chi connectivity index (χ2v) is 13.1. The van der Waals surface area contributed by atoms with Crippen LogP contribution in [0.1, 0.15) is 171 Å². The van der Waals surface area contributed by atoms with Crippen LogP contribution in [0.15, 0.2) is 24.3 Å². The molecular weight excluding hydrogens is 500 g/mol. The summed E-state index contributed by atoms with van der Waals surface area (Å²) in [5, 5.41) is 17.1. The molecule has 0 heterocycles. The summed E-state index contributed by atoms with van der Waals surface area (Å²) in [6.45, 7) is 12.5. The number of carboxylic acids is 2. The molecule has 1 aliphatic carbocycles. The molecule has 0 amide bonds. The summed E-state index contributed by atoms with van der Waals surface area (Å²) in [7, 11) is 0. The Hall–Kier alpha value is -1.88. The van der Waals surface area contributed by atoms with Crippen LogP contribution in [0.2, 0.25) is 0 Å². The summed E-state index contributed by atoms with van der Waals surface area (Å²) in [6, 6.07) is 5.48. The van der Waals surface area contributed by atoms with Crippen LogP contribution in [0.4, 0.5) is 0 Å². The van der Waals surface area contributed by atoms with Crippen LogP contribution in [-0.4, -0.2) is 34.4 Å². The molecule has 0 aromatic heterocycles. The highest BCUT2D eigenvalue weighted by Crippen LogP contribution is 2.44. The lowest BCUT2D eigenvalue weighted by molar-refractivity contribution is -0.136. The Morgan fingerprint density at radius 3 is 1.80 bits per heavy atom. The number of benzene rings is 1. The molecule has 2 rings (SSSR count). The Bertz CT molecular complexity index is 794. The van der Waals surface area contributed by atoms with E-state index in [9.17, 15) is 9.59 Å². The largest absolute Gasteiger partial charge is 0.478 e. The molecule has 5 nitrogen and oxygen atoms in total. The fraction of sp³-hybridized carbons (Fsp3) is 0.771. The topological polar surface area (TPSA) is 83.8 Å². The first-order valence-electron chi connectivity index (χ1n) is 16.3. The number of unbranched alkanes of at least 4 members (excludes halogenated alkanes) is 10. The fourth-order valence-electron chi connectivity index (χ4n) is 5.87. The van der Waals surface area contributed by atoms with E-state index in [0.717, 1.165) is 12.5 Å². The van der Waals surface area contributed by atoms with Gasteiger partial charge in [-0.15, -0.1) is 0 Å². The van der Waals surface area contributed by atoms with Crippen LogP contribution in [0, 0.1) is 11.3 Å². The summed E-state index contributed by atoms with van der Waals surface area (Å²) in [6.07, 6.45) is 25.1. The second kappa shape index (κ2) is 20.1. The van der Waals surface area contributed by atoms with Crippen molar-refractivity contribution in [1.82, 2.24) is 0 Å². The van der Waals surface area contributed by atoms with Crippen molar-refractivity contribution in [2.24, 2.45) is 11.3 Å². The maximum atomic E-state index is 10.5. The lowest BCUT2D eigenvalue weighted by atomic mass is 9.70. The van der Waals surface area contributed by atoms with Gasteiger partial charge in [0, 0.05) is 0 Å². The highest BCUT2D eigenvalue weighted by Gasteiger charge is 2.41. The molecular formula is C35H60O5. The minimum Gasteiger partial charge on any atom is -0.478 e. The highest BCUT2D eigenvalue weighted by molar-refractivity contribution is 6.01. The Morgan fingerprint density at radius 1 is 0.800 bits per heavy atom. The zero-order valence-electron chi connectivity index (χ0n) is 26.4. The monoisotopic (exact) mass is 560 g/mol. The molecule has 2 unspecified atom stereocenters. The Labute approximate surface area is 245 Å². The maximum absolute atomic E-state index is 10.5. The summed E-state index contributed by atoms with van der Waals surface area (Å²) < 4.78 is 6.87. The fourth-order valence-corrected chi connectivity index (χ4v) is 5.87. The van der Waals surface area contributed by atoms with Crippen molar-refractivity contribution in [2.75, 3.05) is 6.61 Å². The highest BCUT2D eigenvalue weighted by atomic mass is 16.5. The lowest BCUT2D eigenvalue weighted by Crippen LogP contribution is -2.45. The van der Waals surface area contributed by atoms with Gasteiger partial charge in [-0.3, -0.25) is 0 Å². The average Bonchev–Trinajstić information content (AvgIpc) is 2.92. The third-order valence-electron chi connectivity index (χ3n) is 8.19. The van der Waals surface area contributed by atoms with Gasteiger partial charge in [-0.2, -0.15) is 0 Å². The quantitative estimate of drug-likeness (QED) is 0.174. The van der Waals surface area contributed by atoms with Gasteiger partial charge < -0.3 is 14.9 Å². The van der Waals surface area contributed by atoms with E-state index in [4.69, 9.17) is 14.9 Å². The number of hydrogen-bond acceptors (Lipinski definition) is 3. The van der Waals surface area contributed by atoms with Gasteiger partial charge in [0.2, 0.25) is 0 Å². The molecule has 5 heteroatoms. The summed E-state index contributed by atoms with van der Waals surface area (Å²) >= 11 is 0. The van der Waals surface area contributed by atoms with Crippen molar-refractivity contribution in [2.45, 2.75) is 156 Å². The van der Waals surface area contributed by atoms with Gasteiger partial charge in [-0.05, 0) is 49.1 Å². The third kappa shape index (κ3) is 14.7. The first kappa shape index (κ1) is 36.1. The van der Waals surface area contributed by atoms with Crippen LogP contribution in [0.25, 0.3) is 0 Å². The van der Waals surface area contributed by atoms with E-state index in [2.05, 4.69) is 34.6 Å². The van der Waals surface area contributed by atoms with Crippen LogP contribution >= 0.6 is 0 Å². The van der Waals surface area contributed by atoms with E-state index in [0.29, 0.717) is 0 Å². The van der Waals surface area contributed by atoms with E-state index >= 15 is 0 Å². The predicted octanol–water partition coefficient (Wildman–Crippen LogP) is 10.6. The van der Waals surface area contributed by atoms with E-state index in [1.807, 2.05) is 0 Å². The third-order valence-corrected chi connectivity index (χ3v) is 8.19. The van der Waals surface area contributed by atoms with Crippen LogP contribution in [-0.2, 0) is 4.74 Å². The molecule has 0 aliphatic heterocycles. The smallest absolute Gasteiger partial charge is 0.336 e. The molecule has 1 fully saturated rings. The van der Waals surface area contributed by atoms with Crippen LogP contribution < -0.4 is 0 Å². The van der Waals surface area contributed by atoms with Gasteiger partial charge in [0.25, 0.3) is 0 Å². The standard InChI is InChI=1S/C27H54O.C8H6O4/c1-6-8-10-12-14-16-20-25-21-17-19-23-27(25,28-24-26(3,4)5)22-18-15-13-11-9-7-2;9-7(10)5-3-1-2-4-6(5)8(11)12/h25H,6-24H2,1-5H3;1-4H,(H,9,10)(H,11,12). The molecule has 0 spiro atoms. The first-order chi connectivity index (χ1) is 19.1. The van der Waals surface area contributed by atoms with Gasteiger partial charge in [-0.1, -0.05) is 137 Å². The van der Waals surface area contributed by atoms with Crippen molar-refractivity contribution in [1.29, 1.82) is 0 Å². The summed E-state index contributed by atoms with van der Waals surface area (Å²) in [4.78, 5) is 20.9. The van der Waals surface area contributed by atoms with Gasteiger partial charge in [0.1, 0.15) is 0 Å². The number of aromatic carboxylic acids is 2. The van der Waals surface area contributed by atoms with Crippen molar-refractivity contribution < 1.29 is 24.5 Å². The lowest BCUT2D eigenvalue weighted by Gasteiger charge is -2.46. The molecule has 1 aliphatic rings. The van der Waals surface area contributed by atoms with E-state index < -0.39 is 11.9 Å². The minimum absolute atomic E-state index is 0.190. The van der Waals surface area contributed by atoms with E-state index in [1.54, 1.807) is 0 Å². The molecule has 1 saturated carbocycles. The molecule has 0 radical (unpaired) electrons. The number of hydrogen-bond donors (Lipinski definition) is 2. The Kier molecular flexibility index (Phi) is 18.1. The Morgan fingerprint density at radius 2 is 1.30 bits per heavy atom. The molecule has 1 aromatic carbocycles. The van der Waals surface area contributed by atoms with Crippen LogP contribution in [0.3, 0.4) is 0 Å². The normalized spacial score (nSPS) is 19.1. The number of ether oxygens (including phenoxy) is 1. The van der Waals surface area contributed by atoms with E-state index in [-0.39, 0.29) is 22.1 Å². The molecule has 2 N–H and O–H groups in total. The second-order valence-electron chi connectivity index (χ2n) is 13.1. The number of carbonyl (C=O) groups is 2. The molecule has 230 valence electrons. The van der Waals surface area contributed by atoms with Gasteiger partial charge in [0.05, 0.1) is 23.3 Å². The van der Waals surface area contributed by atoms with Crippen molar-refractivity contribution in [3.05, 3.63) is 35.4 Å². The first-order valence-corrected chi connectivity index (χ1v) is 16.3. The zero-order chi connectivity index (χ0) is 29.9. The van der Waals surface area contributed by atoms with Crippen molar-refractivity contribution in [3.63, 3.8) is 0 Å². The predicted molar refractivity (Wildman–Crippen MR) is 166 cm³/mol. The molecule has 2 atom stereocenters. The summed E-state index contributed by atoms with van der Waals surface area (Å²) in [5.74, 6) is -1.65. The van der Waals surface area contributed by atoms with Gasteiger partial charge in [-0.25, -0.2) is 9.59 Å². The summed E-state index contributed by atoms with van der Waals surface area (Å²) in [5.41, 5.74) is 0.0886. The number of rotatable bonds is 18.